The number of benzene rings is 3. The van der Waals surface area contributed by atoms with Crippen molar-refractivity contribution in [3.05, 3.63) is 60.7 Å². The monoisotopic (exact) mass is 442 g/mol. The highest BCUT2D eigenvalue weighted by molar-refractivity contribution is 7.89. The predicted octanol–water partition coefficient (Wildman–Crippen LogP) is 3.90. The van der Waals surface area contributed by atoms with Crippen molar-refractivity contribution in [1.82, 2.24) is 4.31 Å². The van der Waals surface area contributed by atoms with Crippen LogP contribution in [0.1, 0.15) is 13.8 Å². The second-order valence-electron chi connectivity index (χ2n) is 6.85. The molecule has 0 aliphatic heterocycles. The fourth-order valence-electron chi connectivity index (χ4n) is 3.12. The number of hydrogen-bond donors (Lipinski definition) is 1. The molecule has 0 radical (unpaired) electrons. The molecule has 8 heteroatoms. The van der Waals surface area contributed by atoms with Gasteiger partial charge in [0.15, 0.2) is 11.5 Å². The molecule has 3 aromatic rings. The summed E-state index contributed by atoms with van der Waals surface area (Å²) in [6, 6.07) is 17.5. The van der Waals surface area contributed by atoms with Crippen LogP contribution in [-0.2, 0) is 14.8 Å². The molecule has 0 aromatic heterocycles. The van der Waals surface area contributed by atoms with Gasteiger partial charge in [-0.3, -0.25) is 4.79 Å². The average molecular weight is 443 g/mol. The van der Waals surface area contributed by atoms with Crippen LogP contribution in [0.4, 0.5) is 5.69 Å². The molecule has 7 nitrogen and oxygen atoms in total. The lowest BCUT2D eigenvalue weighted by Crippen LogP contribution is -2.35. The highest BCUT2D eigenvalue weighted by Gasteiger charge is 2.23. The van der Waals surface area contributed by atoms with E-state index in [0.717, 1.165) is 15.1 Å². The molecule has 0 aliphatic rings. The van der Waals surface area contributed by atoms with Crippen molar-refractivity contribution < 1.29 is 22.7 Å². The summed E-state index contributed by atoms with van der Waals surface area (Å²) < 4.78 is 38.0. The minimum absolute atomic E-state index is 0.140. The van der Waals surface area contributed by atoms with Gasteiger partial charge in [-0.05, 0) is 48.9 Å². The Morgan fingerprint density at radius 2 is 1.58 bits per heavy atom. The van der Waals surface area contributed by atoms with Gasteiger partial charge in [-0.1, -0.05) is 30.3 Å². The van der Waals surface area contributed by atoms with E-state index in [9.17, 15) is 13.2 Å². The van der Waals surface area contributed by atoms with Crippen molar-refractivity contribution in [1.29, 1.82) is 0 Å². The number of rotatable bonds is 9. The van der Waals surface area contributed by atoms with Crippen LogP contribution in [0.15, 0.2) is 65.6 Å². The zero-order valence-corrected chi connectivity index (χ0v) is 18.6. The van der Waals surface area contributed by atoms with E-state index in [4.69, 9.17) is 9.47 Å². The number of nitrogens with one attached hydrogen (secondary N) is 1. The van der Waals surface area contributed by atoms with E-state index in [0.29, 0.717) is 30.4 Å². The highest BCUT2D eigenvalue weighted by Crippen LogP contribution is 2.30. The van der Waals surface area contributed by atoms with Crippen LogP contribution in [0.2, 0.25) is 0 Å². The van der Waals surface area contributed by atoms with Gasteiger partial charge in [-0.2, -0.15) is 4.31 Å². The van der Waals surface area contributed by atoms with Crippen LogP contribution in [0.3, 0.4) is 0 Å². The van der Waals surface area contributed by atoms with Gasteiger partial charge in [0.05, 0.1) is 24.7 Å². The molecular formula is C23H26N2O5S. The van der Waals surface area contributed by atoms with Gasteiger partial charge in [0.2, 0.25) is 15.9 Å². The molecule has 0 aliphatic carbocycles. The summed E-state index contributed by atoms with van der Waals surface area (Å²) in [7, 11) is -2.44. The Morgan fingerprint density at radius 3 is 2.29 bits per heavy atom. The SMILES string of the molecule is CCOc1ccc(NC(=O)CN(C)S(=O)(=O)c2ccc3ccccc3c2)cc1OCC. The number of carbonyl (C=O) groups excluding carboxylic acids is 1. The molecule has 0 saturated carbocycles. The summed E-state index contributed by atoms with van der Waals surface area (Å²) in [5.41, 5.74) is 0.494. The molecule has 1 N–H and O–H groups in total. The first kappa shape index (κ1) is 22.6. The third-order valence-electron chi connectivity index (χ3n) is 4.62. The predicted molar refractivity (Wildman–Crippen MR) is 121 cm³/mol. The standard InChI is InChI=1S/C23H26N2O5S/c1-4-29-21-13-11-19(15-22(21)30-5-2)24-23(26)16-25(3)31(27,28)20-12-10-17-8-6-7-9-18(17)14-20/h6-15H,4-5,16H2,1-3H3,(H,24,26). The summed E-state index contributed by atoms with van der Waals surface area (Å²) in [6.07, 6.45) is 0. The average Bonchev–Trinajstić information content (AvgIpc) is 2.75. The Balaban J connectivity index is 1.72. The molecule has 0 atom stereocenters. The van der Waals surface area contributed by atoms with Crippen LogP contribution >= 0.6 is 0 Å². The smallest absolute Gasteiger partial charge is 0.243 e. The Labute approximate surface area is 182 Å². The van der Waals surface area contributed by atoms with Gasteiger partial charge >= 0.3 is 0 Å². The van der Waals surface area contributed by atoms with E-state index in [-0.39, 0.29) is 11.4 Å². The number of hydrogen-bond acceptors (Lipinski definition) is 5. The third kappa shape index (κ3) is 5.34. The lowest BCUT2D eigenvalue weighted by Gasteiger charge is -2.18. The van der Waals surface area contributed by atoms with Gasteiger partial charge in [0, 0.05) is 18.8 Å². The Kier molecular flexibility index (Phi) is 7.14. The molecule has 1 amide bonds. The van der Waals surface area contributed by atoms with Gasteiger partial charge in [0.25, 0.3) is 0 Å². The molecule has 3 aromatic carbocycles. The lowest BCUT2D eigenvalue weighted by molar-refractivity contribution is -0.116. The van der Waals surface area contributed by atoms with E-state index in [1.54, 1.807) is 36.4 Å². The number of fused-ring (bicyclic) bond motifs is 1. The van der Waals surface area contributed by atoms with Crippen molar-refractivity contribution >= 4 is 32.4 Å². The van der Waals surface area contributed by atoms with Crippen molar-refractivity contribution in [2.45, 2.75) is 18.7 Å². The fraction of sp³-hybridized carbons (Fsp3) is 0.261. The maximum absolute atomic E-state index is 12.9. The van der Waals surface area contributed by atoms with Gasteiger partial charge in [-0.25, -0.2) is 8.42 Å². The van der Waals surface area contributed by atoms with Crippen molar-refractivity contribution in [2.24, 2.45) is 0 Å². The van der Waals surface area contributed by atoms with Crippen LogP contribution < -0.4 is 14.8 Å². The van der Waals surface area contributed by atoms with E-state index in [2.05, 4.69) is 5.32 Å². The first-order valence-electron chi connectivity index (χ1n) is 9.99. The third-order valence-corrected chi connectivity index (χ3v) is 6.42. The number of ether oxygens (including phenoxy) is 2. The zero-order valence-electron chi connectivity index (χ0n) is 17.8. The van der Waals surface area contributed by atoms with Gasteiger partial charge < -0.3 is 14.8 Å². The topological polar surface area (TPSA) is 84.9 Å². The van der Waals surface area contributed by atoms with Crippen LogP contribution in [0.25, 0.3) is 10.8 Å². The number of nitrogens with zero attached hydrogens (tertiary/aromatic N) is 1. The summed E-state index contributed by atoms with van der Waals surface area (Å²) in [4.78, 5) is 12.6. The highest BCUT2D eigenvalue weighted by atomic mass is 32.2. The second-order valence-corrected chi connectivity index (χ2v) is 8.89. The number of carbonyl (C=O) groups is 1. The number of sulfonamides is 1. The summed E-state index contributed by atoms with van der Waals surface area (Å²) in [5.74, 6) is 0.635. The molecule has 0 spiro atoms. The molecule has 164 valence electrons. The van der Waals surface area contributed by atoms with E-state index >= 15 is 0 Å². The fourth-order valence-corrected chi connectivity index (χ4v) is 4.29. The minimum atomic E-state index is -3.82. The lowest BCUT2D eigenvalue weighted by atomic mass is 10.1. The van der Waals surface area contributed by atoms with Crippen molar-refractivity contribution in [2.75, 3.05) is 32.1 Å². The molecule has 0 heterocycles. The van der Waals surface area contributed by atoms with E-state index in [1.807, 2.05) is 38.1 Å². The van der Waals surface area contributed by atoms with E-state index < -0.39 is 15.9 Å². The first-order valence-corrected chi connectivity index (χ1v) is 11.4. The molecule has 0 bridgehead atoms. The van der Waals surface area contributed by atoms with Crippen molar-refractivity contribution in [3.8, 4) is 11.5 Å². The largest absolute Gasteiger partial charge is 0.490 e. The summed E-state index contributed by atoms with van der Waals surface area (Å²) in [5, 5.41) is 4.48. The quantitative estimate of drug-likeness (QED) is 0.543. The minimum Gasteiger partial charge on any atom is -0.490 e. The molecule has 0 unspecified atom stereocenters. The maximum atomic E-state index is 12.9. The summed E-state index contributed by atoms with van der Waals surface area (Å²) >= 11 is 0. The van der Waals surface area contributed by atoms with Crippen LogP contribution in [0.5, 0.6) is 11.5 Å². The molecule has 31 heavy (non-hydrogen) atoms. The van der Waals surface area contributed by atoms with Crippen LogP contribution in [-0.4, -0.2) is 45.4 Å². The zero-order chi connectivity index (χ0) is 22.4. The number of anilines is 1. The Bertz CT molecular complexity index is 1180. The molecule has 0 fully saturated rings. The van der Waals surface area contributed by atoms with Crippen molar-refractivity contribution in [3.63, 3.8) is 0 Å². The Hall–Kier alpha value is -3.10. The Morgan fingerprint density at radius 1 is 0.903 bits per heavy atom. The first-order chi connectivity index (χ1) is 14.8. The van der Waals surface area contributed by atoms with Gasteiger partial charge in [-0.15, -0.1) is 0 Å². The van der Waals surface area contributed by atoms with Gasteiger partial charge in [0.1, 0.15) is 0 Å². The maximum Gasteiger partial charge on any atom is 0.243 e. The van der Waals surface area contributed by atoms with Crippen LogP contribution in [0, 0.1) is 0 Å². The number of amides is 1. The van der Waals surface area contributed by atoms with E-state index in [1.165, 1.54) is 7.05 Å². The molecule has 3 rings (SSSR count). The molecular weight excluding hydrogens is 416 g/mol. The summed E-state index contributed by atoms with van der Waals surface area (Å²) in [6.45, 7) is 4.34. The number of likely N-dealkylation sites (N-methyl/N-ethyl adjacent to an activating group) is 1. The normalized spacial score (nSPS) is 11.5. The second kappa shape index (κ2) is 9.80. The molecule has 0 saturated heterocycles.